The van der Waals surface area contributed by atoms with Crippen LogP contribution in [0.5, 0.6) is 0 Å². The fourth-order valence-corrected chi connectivity index (χ4v) is 1.51. The van der Waals surface area contributed by atoms with Gasteiger partial charge in [0.05, 0.1) is 0 Å². The maximum Gasteiger partial charge on any atom is 0.303 e. The second kappa shape index (κ2) is 5.43. The number of rotatable bonds is 5. The summed E-state index contributed by atoms with van der Waals surface area (Å²) in [4.78, 5) is 10.3. The molecular formula is C12H16O2. The molecule has 0 aliphatic rings. The molecular weight excluding hydrogens is 176 g/mol. The normalized spacial score (nSPS) is 12.4. The summed E-state index contributed by atoms with van der Waals surface area (Å²) < 4.78 is 0. The van der Waals surface area contributed by atoms with Gasteiger partial charge in [-0.05, 0) is 24.3 Å². The zero-order valence-electron chi connectivity index (χ0n) is 8.44. The Morgan fingerprint density at radius 1 is 1.36 bits per heavy atom. The smallest absolute Gasteiger partial charge is 0.303 e. The summed E-state index contributed by atoms with van der Waals surface area (Å²) in [6.45, 7) is 2.14. The third-order valence-corrected chi connectivity index (χ3v) is 2.40. The third kappa shape index (κ3) is 3.60. The van der Waals surface area contributed by atoms with Crippen LogP contribution in [0.2, 0.25) is 0 Å². The lowest BCUT2D eigenvalue weighted by atomic mass is 9.96. The van der Waals surface area contributed by atoms with Gasteiger partial charge in [0.2, 0.25) is 0 Å². The number of hydrogen-bond acceptors (Lipinski definition) is 1. The number of hydrogen-bond donors (Lipinski definition) is 1. The van der Waals surface area contributed by atoms with Gasteiger partial charge in [-0.1, -0.05) is 37.3 Å². The Hall–Kier alpha value is -1.31. The van der Waals surface area contributed by atoms with Crippen molar-refractivity contribution in [3.05, 3.63) is 35.9 Å². The van der Waals surface area contributed by atoms with Crippen molar-refractivity contribution in [2.45, 2.75) is 32.1 Å². The molecule has 0 aliphatic heterocycles. The van der Waals surface area contributed by atoms with Gasteiger partial charge in [0.1, 0.15) is 0 Å². The topological polar surface area (TPSA) is 37.3 Å². The number of carboxylic acids is 1. The van der Waals surface area contributed by atoms with E-state index >= 15 is 0 Å². The molecule has 0 fully saturated rings. The largest absolute Gasteiger partial charge is 0.481 e. The molecule has 0 amide bonds. The number of carboxylic acid groups (broad SMARTS) is 1. The van der Waals surface area contributed by atoms with E-state index in [0.717, 1.165) is 12.8 Å². The first-order valence-electron chi connectivity index (χ1n) is 4.97. The average Bonchev–Trinajstić information content (AvgIpc) is 2.18. The second-order valence-corrected chi connectivity index (χ2v) is 3.60. The maximum atomic E-state index is 10.3. The van der Waals surface area contributed by atoms with Crippen molar-refractivity contribution in [2.75, 3.05) is 0 Å². The molecule has 0 aromatic heterocycles. The molecule has 0 aliphatic carbocycles. The van der Waals surface area contributed by atoms with Gasteiger partial charge in [-0.2, -0.15) is 0 Å². The maximum absolute atomic E-state index is 10.3. The third-order valence-electron chi connectivity index (χ3n) is 2.40. The molecule has 2 heteroatoms. The fourth-order valence-electron chi connectivity index (χ4n) is 1.51. The fraction of sp³-hybridized carbons (Fsp3) is 0.417. The van der Waals surface area contributed by atoms with Gasteiger partial charge in [-0.25, -0.2) is 0 Å². The number of aliphatic carboxylic acids is 1. The number of carbonyl (C=O) groups is 1. The van der Waals surface area contributed by atoms with Crippen LogP contribution >= 0.6 is 0 Å². The zero-order valence-corrected chi connectivity index (χ0v) is 8.44. The molecule has 0 spiro atoms. The Bertz CT molecular complexity index is 280. The Labute approximate surface area is 84.6 Å². The first-order valence-corrected chi connectivity index (χ1v) is 4.97. The van der Waals surface area contributed by atoms with Crippen molar-refractivity contribution < 1.29 is 9.90 Å². The van der Waals surface area contributed by atoms with Crippen molar-refractivity contribution in [1.82, 2.24) is 0 Å². The summed E-state index contributed by atoms with van der Waals surface area (Å²) in [5, 5.41) is 8.50. The molecule has 0 heterocycles. The molecule has 0 saturated carbocycles. The minimum absolute atomic E-state index is 0.275. The van der Waals surface area contributed by atoms with Gasteiger partial charge in [0.25, 0.3) is 0 Å². The summed E-state index contributed by atoms with van der Waals surface area (Å²) in [5.74, 6) is -0.249. The van der Waals surface area contributed by atoms with E-state index in [4.69, 9.17) is 5.11 Å². The van der Waals surface area contributed by atoms with Crippen LogP contribution in [0.3, 0.4) is 0 Å². The van der Waals surface area contributed by atoms with E-state index in [1.165, 1.54) is 5.56 Å². The predicted molar refractivity (Wildman–Crippen MR) is 56.3 cm³/mol. The highest BCUT2D eigenvalue weighted by atomic mass is 16.4. The Morgan fingerprint density at radius 2 is 2.00 bits per heavy atom. The molecule has 76 valence electrons. The minimum atomic E-state index is -0.703. The molecule has 0 unspecified atom stereocenters. The molecule has 0 bridgehead atoms. The molecule has 1 aromatic carbocycles. The predicted octanol–water partition coefficient (Wildman–Crippen LogP) is 3.05. The summed E-state index contributed by atoms with van der Waals surface area (Å²) >= 11 is 0. The van der Waals surface area contributed by atoms with E-state index in [1.54, 1.807) is 0 Å². The Morgan fingerprint density at radius 3 is 2.57 bits per heavy atom. The SMILES string of the molecule is C[C@H](CCCC(=O)O)c1ccccc1. The van der Waals surface area contributed by atoms with Gasteiger partial charge in [0, 0.05) is 6.42 Å². The second-order valence-electron chi connectivity index (χ2n) is 3.60. The van der Waals surface area contributed by atoms with E-state index in [-0.39, 0.29) is 6.42 Å². The first kappa shape index (κ1) is 10.8. The van der Waals surface area contributed by atoms with Crippen LogP contribution in [0, 0.1) is 0 Å². The molecule has 1 rings (SSSR count). The van der Waals surface area contributed by atoms with Gasteiger partial charge >= 0.3 is 5.97 Å². The molecule has 1 N–H and O–H groups in total. The molecule has 0 radical (unpaired) electrons. The lowest BCUT2D eigenvalue weighted by molar-refractivity contribution is -0.137. The van der Waals surface area contributed by atoms with Crippen molar-refractivity contribution in [3.8, 4) is 0 Å². The van der Waals surface area contributed by atoms with Crippen LogP contribution in [0.4, 0.5) is 0 Å². The Kier molecular flexibility index (Phi) is 4.17. The van der Waals surface area contributed by atoms with Crippen LogP contribution in [0.1, 0.15) is 37.7 Å². The monoisotopic (exact) mass is 192 g/mol. The van der Waals surface area contributed by atoms with Gasteiger partial charge < -0.3 is 5.11 Å². The lowest BCUT2D eigenvalue weighted by Crippen LogP contribution is -1.98. The van der Waals surface area contributed by atoms with Gasteiger partial charge in [-0.15, -0.1) is 0 Å². The highest BCUT2D eigenvalue weighted by molar-refractivity contribution is 5.66. The van der Waals surface area contributed by atoms with E-state index in [0.29, 0.717) is 5.92 Å². The van der Waals surface area contributed by atoms with Gasteiger partial charge in [-0.3, -0.25) is 4.79 Å². The van der Waals surface area contributed by atoms with Crippen molar-refractivity contribution >= 4 is 5.97 Å². The van der Waals surface area contributed by atoms with E-state index in [9.17, 15) is 4.79 Å². The van der Waals surface area contributed by atoms with Gasteiger partial charge in [0.15, 0.2) is 0 Å². The van der Waals surface area contributed by atoms with Crippen molar-refractivity contribution in [1.29, 1.82) is 0 Å². The van der Waals surface area contributed by atoms with Crippen LogP contribution in [-0.2, 0) is 4.79 Å². The average molecular weight is 192 g/mol. The highest BCUT2D eigenvalue weighted by Crippen LogP contribution is 2.20. The summed E-state index contributed by atoms with van der Waals surface area (Å²) in [6.07, 6.45) is 1.97. The zero-order chi connectivity index (χ0) is 10.4. The van der Waals surface area contributed by atoms with Crippen LogP contribution in [-0.4, -0.2) is 11.1 Å². The van der Waals surface area contributed by atoms with Crippen molar-refractivity contribution in [3.63, 3.8) is 0 Å². The first-order chi connectivity index (χ1) is 6.70. The van der Waals surface area contributed by atoms with E-state index in [1.807, 2.05) is 18.2 Å². The van der Waals surface area contributed by atoms with Crippen LogP contribution in [0.15, 0.2) is 30.3 Å². The summed E-state index contributed by atoms with van der Waals surface area (Å²) in [7, 11) is 0. The number of benzene rings is 1. The molecule has 2 nitrogen and oxygen atoms in total. The van der Waals surface area contributed by atoms with Crippen molar-refractivity contribution in [2.24, 2.45) is 0 Å². The van der Waals surface area contributed by atoms with E-state index in [2.05, 4.69) is 19.1 Å². The van der Waals surface area contributed by atoms with Crippen LogP contribution in [0.25, 0.3) is 0 Å². The van der Waals surface area contributed by atoms with Crippen LogP contribution < -0.4 is 0 Å². The molecule has 14 heavy (non-hydrogen) atoms. The summed E-state index contributed by atoms with van der Waals surface area (Å²) in [5.41, 5.74) is 1.29. The lowest BCUT2D eigenvalue weighted by Gasteiger charge is -2.10. The standard InChI is InChI=1S/C12H16O2/c1-10(6-5-9-12(13)14)11-7-3-2-4-8-11/h2-4,7-8,10H,5-6,9H2,1H3,(H,13,14)/t10-/m1/s1. The molecule has 0 saturated heterocycles. The quantitative estimate of drug-likeness (QED) is 0.778. The Balaban J connectivity index is 2.36. The summed E-state index contributed by atoms with van der Waals surface area (Å²) in [6, 6.07) is 10.2. The highest BCUT2D eigenvalue weighted by Gasteiger charge is 2.05. The van der Waals surface area contributed by atoms with E-state index < -0.39 is 5.97 Å². The molecule has 1 aromatic rings. The minimum Gasteiger partial charge on any atom is -0.481 e. The molecule has 1 atom stereocenters.